The monoisotopic (exact) mass is 375 g/mol. The third-order valence-electron chi connectivity index (χ3n) is 3.49. The lowest BCUT2D eigenvalue weighted by Crippen LogP contribution is -2.32. The number of ketones is 1. The maximum Gasteiger partial charge on any atom is 0.308 e. The molecular formula is C19H18ClNO5. The largest absolute Gasteiger partial charge is 0.493 e. The lowest BCUT2D eigenvalue weighted by atomic mass is 10.1. The van der Waals surface area contributed by atoms with Crippen LogP contribution in [0, 0.1) is 0 Å². The number of rotatable bonds is 7. The molecule has 0 aromatic heterocycles. The fourth-order valence-electron chi connectivity index (χ4n) is 2.24. The molecule has 136 valence electrons. The highest BCUT2D eigenvalue weighted by molar-refractivity contribution is 6.43. The van der Waals surface area contributed by atoms with Crippen LogP contribution in [0.15, 0.2) is 42.5 Å². The van der Waals surface area contributed by atoms with E-state index in [9.17, 15) is 14.4 Å². The van der Waals surface area contributed by atoms with E-state index in [0.29, 0.717) is 22.9 Å². The van der Waals surface area contributed by atoms with Crippen LogP contribution in [0.1, 0.15) is 22.8 Å². The molecule has 7 heteroatoms. The summed E-state index contributed by atoms with van der Waals surface area (Å²) in [5.74, 6) is -1.00. The Morgan fingerprint density at radius 1 is 1.04 bits per heavy atom. The fourth-order valence-corrected chi connectivity index (χ4v) is 2.37. The van der Waals surface area contributed by atoms with Gasteiger partial charge in [-0.25, -0.2) is 0 Å². The number of amides is 1. The smallest absolute Gasteiger partial charge is 0.308 e. The zero-order valence-corrected chi connectivity index (χ0v) is 15.1. The fraction of sp³-hybridized carbons (Fsp3) is 0.211. The SMILES string of the molecule is COc1cc(CCNC(=O)C(=O)c2ccc(Cl)cc2)ccc1OC(C)=O. The minimum absolute atomic E-state index is 0.272. The molecule has 6 nitrogen and oxygen atoms in total. The summed E-state index contributed by atoms with van der Waals surface area (Å²) in [6, 6.07) is 11.2. The Morgan fingerprint density at radius 2 is 1.73 bits per heavy atom. The van der Waals surface area contributed by atoms with Crippen LogP contribution in [-0.4, -0.2) is 31.3 Å². The molecule has 2 rings (SSSR count). The van der Waals surface area contributed by atoms with Gasteiger partial charge >= 0.3 is 5.97 Å². The van der Waals surface area contributed by atoms with Crippen molar-refractivity contribution in [3.8, 4) is 11.5 Å². The quantitative estimate of drug-likeness (QED) is 0.348. The predicted octanol–water partition coefficient (Wildman–Crippen LogP) is 2.82. The van der Waals surface area contributed by atoms with E-state index >= 15 is 0 Å². The zero-order valence-electron chi connectivity index (χ0n) is 14.4. The molecule has 0 saturated carbocycles. The molecule has 2 aromatic carbocycles. The van der Waals surface area contributed by atoms with E-state index in [1.165, 1.54) is 26.2 Å². The van der Waals surface area contributed by atoms with Crippen LogP contribution in [0.2, 0.25) is 5.02 Å². The Hall–Kier alpha value is -2.86. The van der Waals surface area contributed by atoms with Gasteiger partial charge in [-0.2, -0.15) is 0 Å². The van der Waals surface area contributed by atoms with Crippen molar-refractivity contribution in [3.05, 3.63) is 58.6 Å². The number of carbonyl (C=O) groups excluding carboxylic acids is 3. The van der Waals surface area contributed by atoms with Crippen molar-refractivity contribution in [2.45, 2.75) is 13.3 Å². The Kier molecular flexibility index (Phi) is 6.74. The van der Waals surface area contributed by atoms with E-state index in [0.717, 1.165) is 5.56 Å². The van der Waals surface area contributed by atoms with Gasteiger partial charge in [0.15, 0.2) is 11.5 Å². The maximum absolute atomic E-state index is 12.0. The van der Waals surface area contributed by atoms with Crippen molar-refractivity contribution in [2.24, 2.45) is 0 Å². The first kappa shape index (κ1) is 19.5. The summed E-state index contributed by atoms with van der Waals surface area (Å²) in [4.78, 5) is 35.0. The lowest BCUT2D eigenvalue weighted by molar-refractivity contribution is -0.132. The second-order valence-electron chi connectivity index (χ2n) is 5.42. The molecule has 0 aliphatic rings. The average molecular weight is 376 g/mol. The first-order valence-electron chi connectivity index (χ1n) is 7.84. The number of hydrogen-bond donors (Lipinski definition) is 1. The summed E-state index contributed by atoms with van der Waals surface area (Å²) in [7, 11) is 1.47. The molecule has 0 bridgehead atoms. The van der Waals surface area contributed by atoms with Gasteiger partial charge in [-0.1, -0.05) is 17.7 Å². The molecule has 0 aliphatic heterocycles. The molecule has 0 radical (unpaired) electrons. The van der Waals surface area contributed by atoms with E-state index in [1.54, 1.807) is 30.3 Å². The number of benzene rings is 2. The van der Waals surface area contributed by atoms with Gasteiger partial charge < -0.3 is 14.8 Å². The van der Waals surface area contributed by atoms with Crippen LogP contribution in [0.4, 0.5) is 0 Å². The summed E-state index contributed by atoms with van der Waals surface area (Å²) in [6.45, 7) is 1.58. The number of hydrogen-bond acceptors (Lipinski definition) is 5. The number of ether oxygens (including phenoxy) is 2. The molecule has 0 fully saturated rings. The first-order valence-corrected chi connectivity index (χ1v) is 8.22. The van der Waals surface area contributed by atoms with Gasteiger partial charge in [0.05, 0.1) is 7.11 Å². The minimum atomic E-state index is -0.684. The molecule has 1 amide bonds. The van der Waals surface area contributed by atoms with Crippen molar-refractivity contribution < 1.29 is 23.9 Å². The lowest BCUT2D eigenvalue weighted by Gasteiger charge is -2.10. The molecule has 1 N–H and O–H groups in total. The van der Waals surface area contributed by atoms with Gasteiger partial charge in [0.2, 0.25) is 5.78 Å². The summed E-state index contributed by atoms with van der Waals surface area (Å²) in [6.07, 6.45) is 0.482. The Labute approximate surface area is 156 Å². The van der Waals surface area contributed by atoms with Crippen LogP contribution in [0.5, 0.6) is 11.5 Å². The van der Waals surface area contributed by atoms with E-state index in [-0.39, 0.29) is 12.1 Å². The zero-order chi connectivity index (χ0) is 19.1. The highest BCUT2D eigenvalue weighted by Crippen LogP contribution is 2.28. The molecule has 26 heavy (non-hydrogen) atoms. The van der Waals surface area contributed by atoms with Crippen LogP contribution < -0.4 is 14.8 Å². The first-order chi connectivity index (χ1) is 12.4. The van der Waals surface area contributed by atoms with Gasteiger partial charge in [-0.05, 0) is 48.4 Å². The summed E-state index contributed by atoms with van der Waals surface area (Å²) < 4.78 is 10.2. The van der Waals surface area contributed by atoms with E-state index in [2.05, 4.69) is 5.32 Å². The molecule has 0 saturated heterocycles. The Balaban J connectivity index is 1.92. The summed E-state index contributed by atoms with van der Waals surface area (Å²) >= 11 is 5.76. The third-order valence-corrected chi connectivity index (χ3v) is 3.75. The Morgan fingerprint density at radius 3 is 2.35 bits per heavy atom. The molecule has 0 atom stereocenters. The highest BCUT2D eigenvalue weighted by Gasteiger charge is 2.15. The number of methoxy groups -OCH3 is 1. The van der Waals surface area contributed by atoms with E-state index < -0.39 is 17.7 Å². The maximum atomic E-state index is 12.0. The van der Waals surface area contributed by atoms with Gasteiger partial charge in [-0.3, -0.25) is 14.4 Å². The molecule has 0 spiro atoms. The van der Waals surface area contributed by atoms with Crippen molar-refractivity contribution in [1.29, 1.82) is 0 Å². The molecule has 0 aliphatic carbocycles. The normalized spacial score (nSPS) is 10.1. The van der Waals surface area contributed by atoms with Crippen LogP contribution in [0.3, 0.4) is 0 Å². The van der Waals surface area contributed by atoms with Crippen molar-refractivity contribution >= 4 is 29.3 Å². The third kappa shape index (κ3) is 5.32. The number of nitrogens with one attached hydrogen (secondary N) is 1. The van der Waals surface area contributed by atoms with Crippen molar-refractivity contribution in [1.82, 2.24) is 5.32 Å². The van der Waals surface area contributed by atoms with Crippen molar-refractivity contribution in [2.75, 3.05) is 13.7 Å². The number of esters is 1. The summed E-state index contributed by atoms with van der Waals surface area (Å²) in [5.41, 5.74) is 1.14. The van der Waals surface area contributed by atoms with Crippen LogP contribution in [0.25, 0.3) is 0 Å². The van der Waals surface area contributed by atoms with Crippen LogP contribution >= 0.6 is 11.6 Å². The highest BCUT2D eigenvalue weighted by atomic mass is 35.5. The van der Waals surface area contributed by atoms with E-state index in [4.69, 9.17) is 21.1 Å². The van der Waals surface area contributed by atoms with Gasteiger partial charge in [0, 0.05) is 24.1 Å². The van der Waals surface area contributed by atoms with Gasteiger partial charge in [-0.15, -0.1) is 0 Å². The molecule has 0 unspecified atom stereocenters. The van der Waals surface area contributed by atoms with Crippen LogP contribution in [-0.2, 0) is 16.0 Å². The average Bonchev–Trinajstić information content (AvgIpc) is 2.62. The second-order valence-corrected chi connectivity index (χ2v) is 5.86. The standard InChI is InChI=1S/C19H18ClNO5/c1-12(22)26-16-8-3-13(11-17(16)25-2)9-10-21-19(24)18(23)14-4-6-15(20)7-5-14/h3-8,11H,9-10H2,1-2H3,(H,21,24). The minimum Gasteiger partial charge on any atom is -0.493 e. The summed E-state index contributed by atoms with van der Waals surface area (Å²) in [5, 5.41) is 3.07. The number of carbonyl (C=O) groups is 3. The number of Topliss-reactive ketones (excluding diaryl/α,β-unsaturated/α-hetero) is 1. The second kappa shape index (κ2) is 9.01. The van der Waals surface area contributed by atoms with Gasteiger partial charge in [0.25, 0.3) is 5.91 Å². The van der Waals surface area contributed by atoms with E-state index in [1.807, 2.05) is 0 Å². The molecular weight excluding hydrogens is 358 g/mol. The van der Waals surface area contributed by atoms with Gasteiger partial charge in [0.1, 0.15) is 0 Å². The topological polar surface area (TPSA) is 81.7 Å². The molecule has 0 heterocycles. The van der Waals surface area contributed by atoms with Crippen molar-refractivity contribution in [3.63, 3.8) is 0 Å². The Bertz CT molecular complexity index is 817. The molecule has 2 aromatic rings. The predicted molar refractivity (Wildman–Crippen MR) is 96.8 cm³/mol. The number of halogens is 1.